The first-order chi connectivity index (χ1) is 13.0. The second kappa shape index (κ2) is 7.09. The Labute approximate surface area is 156 Å². The van der Waals surface area contributed by atoms with Crippen molar-refractivity contribution in [2.45, 2.75) is 17.4 Å². The fourth-order valence-corrected chi connectivity index (χ4v) is 4.12. The highest BCUT2D eigenvalue weighted by molar-refractivity contribution is 7.92. The van der Waals surface area contributed by atoms with Crippen LogP contribution in [0.15, 0.2) is 47.4 Å². The molecule has 0 aliphatic carbocycles. The second-order valence-corrected chi connectivity index (χ2v) is 8.05. The number of carbonyl (C=O) groups excluding carboxylic acids is 1. The van der Waals surface area contributed by atoms with Crippen LogP contribution in [-0.4, -0.2) is 40.2 Å². The number of nitrogens with one attached hydrogen (secondary N) is 3. The maximum atomic E-state index is 12.7. The maximum absolute atomic E-state index is 12.7. The molecule has 1 amide bonds. The van der Waals surface area contributed by atoms with Crippen LogP contribution in [0.5, 0.6) is 11.5 Å². The van der Waals surface area contributed by atoms with E-state index in [4.69, 9.17) is 9.47 Å². The highest BCUT2D eigenvalue weighted by Crippen LogP contribution is 2.34. The molecule has 142 valence electrons. The molecule has 9 heteroatoms. The lowest BCUT2D eigenvalue weighted by molar-refractivity contribution is 0.0940. The summed E-state index contributed by atoms with van der Waals surface area (Å²) in [6.45, 7) is 1.69. The molecule has 0 saturated carbocycles. The summed E-state index contributed by atoms with van der Waals surface area (Å²) in [6.07, 6.45) is 0.857. The summed E-state index contributed by atoms with van der Waals surface area (Å²) in [6, 6.07) is 10.8. The van der Waals surface area contributed by atoms with Gasteiger partial charge < -0.3 is 20.1 Å². The van der Waals surface area contributed by atoms with E-state index in [0.717, 1.165) is 19.5 Å². The van der Waals surface area contributed by atoms with Gasteiger partial charge in [-0.1, -0.05) is 6.07 Å². The molecule has 8 nitrogen and oxygen atoms in total. The van der Waals surface area contributed by atoms with Gasteiger partial charge in [0.05, 0.1) is 10.6 Å². The van der Waals surface area contributed by atoms with Crippen molar-refractivity contribution in [1.29, 1.82) is 0 Å². The van der Waals surface area contributed by atoms with Gasteiger partial charge in [-0.2, -0.15) is 0 Å². The van der Waals surface area contributed by atoms with Gasteiger partial charge >= 0.3 is 0 Å². The summed E-state index contributed by atoms with van der Waals surface area (Å²) in [5, 5.41) is 6.07. The minimum absolute atomic E-state index is 0.0114. The van der Waals surface area contributed by atoms with E-state index in [-0.39, 0.29) is 23.6 Å². The molecule has 27 heavy (non-hydrogen) atoms. The number of hydrogen-bond acceptors (Lipinski definition) is 6. The molecule has 0 bridgehead atoms. The minimum atomic E-state index is -3.85. The SMILES string of the molecule is O=C(NC1CCNC1)c1cccc(S(=O)(=O)Nc2ccc3c(c2)OCO3)c1. The third-order valence-corrected chi connectivity index (χ3v) is 5.81. The molecular weight excluding hydrogens is 370 g/mol. The van der Waals surface area contributed by atoms with E-state index >= 15 is 0 Å². The van der Waals surface area contributed by atoms with Gasteiger partial charge in [-0.15, -0.1) is 0 Å². The van der Waals surface area contributed by atoms with Crippen molar-refractivity contribution >= 4 is 21.6 Å². The number of hydrogen-bond donors (Lipinski definition) is 3. The Morgan fingerprint density at radius 3 is 2.78 bits per heavy atom. The Kier molecular flexibility index (Phi) is 4.63. The number of ether oxygens (including phenoxy) is 2. The molecule has 1 atom stereocenters. The average Bonchev–Trinajstić information content (AvgIpc) is 3.32. The molecule has 1 saturated heterocycles. The highest BCUT2D eigenvalue weighted by Gasteiger charge is 2.21. The van der Waals surface area contributed by atoms with E-state index in [9.17, 15) is 13.2 Å². The van der Waals surface area contributed by atoms with Crippen LogP contribution in [-0.2, 0) is 10.0 Å². The number of benzene rings is 2. The molecule has 3 N–H and O–H groups in total. The molecule has 2 heterocycles. The Bertz CT molecular complexity index is 971. The van der Waals surface area contributed by atoms with E-state index in [1.54, 1.807) is 30.3 Å². The third-order valence-electron chi connectivity index (χ3n) is 4.43. The van der Waals surface area contributed by atoms with Gasteiger partial charge in [-0.3, -0.25) is 9.52 Å². The van der Waals surface area contributed by atoms with Crippen LogP contribution < -0.4 is 24.8 Å². The summed E-state index contributed by atoms with van der Waals surface area (Å²) in [5.74, 6) is 0.760. The van der Waals surface area contributed by atoms with Crippen molar-refractivity contribution in [3.8, 4) is 11.5 Å². The topological polar surface area (TPSA) is 106 Å². The summed E-state index contributed by atoms with van der Waals surface area (Å²) < 4.78 is 38.4. The van der Waals surface area contributed by atoms with Crippen LogP contribution in [0.25, 0.3) is 0 Å². The second-order valence-electron chi connectivity index (χ2n) is 6.36. The van der Waals surface area contributed by atoms with Crippen molar-refractivity contribution in [1.82, 2.24) is 10.6 Å². The van der Waals surface area contributed by atoms with Gasteiger partial charge in [-0.05, 0) is 43.3 Å². The molecule has 4 rings (SSSR count). The fraction of sp³-hybridized carbons (Fsp3) is 0.278. The van der Waals surface area contributed by atoms with Crippen molar-refractivity contribution in [2.75, 3.05) is 24.6 Å². The van der Waals surface area contributed by atoms with Gasteiger partial charge in [0.25, 0.3) is 15.9 Å². The van der Waals surface area contributed by atoms with Crippen LogP contribution in [0, 0.1) is 0 Å². The molecule has 2 aliphatic heterocycles. The Morgan fingerprint density at radius 1 is 1.11 bits per heavy atom. The standard InChI is InChI=1S/C18H19N3O5S/c22-18(20-14-6-7-19-10-14)12-2-1-3-15(8-12)27(23,24)21-13-4-5-16-17(9-13)26-11-25-16/h1-5,8-9,14,19,21H,6-7,10-11H2,(H,20,22). The molecule has 2 aliphatic rings. The number of fused-ring (bicyclic) bond motifs is 1. The average molecular weight is 389 g/mol. The minimum Gasteiger partial charge on any atom is -0.454 e. The number of amides is 1. The molecule has 0 aromatic heterocycles. The van der Waals surface area contributed by atoms with E-state index in [1.165, 1.54) is 12.1 Å². The maximum Gasteiger partial charge on any atom is 0.261 e. The Hall–Kier alpha value is -2.78. The zero-order chi connectivity index (χ0) is 18.9. The van der Waals surface area contributed by atoms with Crippen LogP contribution in [0.3, 0.4) is 0 Å². The summed E-state index contributed by atoms with van der Waals surface area (Å²) in [5.41, 5.74) is 0.654. The van der Waals surface area contributed by atoms with Gasteiger partial charge in [0.15, 0.2) is 11.5 Å². The zero-order valence-electron chi connectivity index (χ0n) is 14.4. The monoisotopic (exact) mass is 389 g/mol. The normalized spacial score (nSPS) is 18.3. The van der Waals surface area contributed by atoms with E-state index in [2.05, 4.69) is 15.4 Å². The van der Waals surface area contributed by atoms with Crippen molar-refractivity contribution in [3.63, 3.8) is 0 Å². The third kappa shape index (κ3) is 3.83. The molecule has 2 aromatic carbocycles. The van der Waals surface area contributed by atoms with Gasteiger partial charge in [-0.25, -0.2) is 8.42 Å². The smallest absolute Gasteiger partial charge is 0.261 e. The lowest BCUT2D eigenvalue weighted by atomic mass is 10.2. The molecule has 2 aromatic rings. The number of anilines is 1. The van der Waals surface area contributed by atoms with Crippen molar-refractivity contribution in [3.05, 3.63) is 48.0 Å². The number of sulfonamides is 1. The zero-order valence-corrected chi connectivity index (χ0v) is 15.2. The van der Waals surface area contributed by atoms with Gasteiger partial charge in [0.1, 0.15) is 0 Å². The van der Waals surface area contributed by atoms with Crippen LogP contribution in [0.1, 0.15) is 16.8 Å². The summed E-state index contributed by atoms with van der Waals surface area (Å²) in [7, 11) is -3.85. The van der Waals surface area contributed by atoms with E-state index in [1.807, 2.05) is 0 Å². The van der Waals surface area contributed by atoms with Crippen LogP contribution >= 0.6 is 0 Å². The van der Waals surface area contributed by atoms with E-state index < -0.39 is 10.0 Å². The van der Waals surface area contributed by atoms with Crippen molar-refractivity contribution in [2.24, 2.45) is 0 Å². The number of rotatable bonds is 5. The highest BCUT2D eigenvalue weighted by atomic mass is 32.2. The Morgan fingerprint density at radius 2 is 1.96 bits per heavy atom. The first kappa shape index (κ1) is 17.6. The van der Waals surface area contributed by atoms with Crippen LogP contribution in [0.2, 0.25) is 0 Å². The van der Waals surface area contributed by atoms with Gasteiger partial charge in [0, 0.05) is 24.2 Å². The van der Waals surface area contributed by atoms with Crippen LogP contribution in [0.4, 0.5) is 5.69 Å². The largest absolute Gasteiger partial charge is 0.454 e. The summed E-state index contributed by atoms with van der Waals surface area (Å²) >= 11 is 0. The number of carbonyl (C=O) groups is 1. The molecular formula is C18H19N3O5S. The molecule has 1 unspecified atom stereocenters. The summed E-state index contributed by atoms with van der Waals surface area (Å²) in [4.78, 5) is 12.4. The quantitative estimate of drug-likeness (QED) is 0.712. The van der Waals surface area contributed by atoms with Crippen molar-refractivity contribution < 1.29 is 22.7 Å². The molecule has 1 fully saturated rings. The first-order valence-corrected chi connectivity index (χ1v) is 10.0. The lowest BCUT2D eigenvalue weighted by Crippen LogP contribution is -2.36. The lowest BCUT2D eigenvalue weighted by Gasteiger charge is -2.13. The Balaban J connectivity index is 1.52. The van der Waals surface area contributed by atoms with Gasteiger partial charge in [0.2, 0.25) is 6.79 Å². The first-order valence-electron chi connectivity index (χ1n) is 8.55. The fourth-order valence-electron chi connectivity index (χ4n) is 3.03. The predicted octanol–water partition coefficient (Wildman–Crippen LogP) is 1.31. The molecule has 0 radical (unpaired) electrons. The van der Waals surface area contributed by atoms with E-state index in [0.29, 0.717) is 22.7 Å². The molecule has 0 spiro atoms. The predicted molar refractivity (Wildman–Crippen MR) is 98.6 cm³/mol.